The standard InChI is InChI=1S/C21H24N4O3S/c1-15(2)12-28-19-7-5-4-6-18(19)23-20(26)13-29-21-24-22-14-25(21)16-8-10-17(27-3)11-9-16/h4-11,14-15H,12-13H2,1-3H3,(H,23,26). The van der Waals surface area contributed by atoms with E-state index in [9.17, 15) is 4.79 Å². The minimum atomic E-state index is -0.139. The number of nitrogens with one attached hydrogen (secondary N) is 1. The summed E-state index contributed by atoms with van der Waals surface area (Å²) in [5, 5.41) is 11.6. The summed E-state index contributed by atoms with van der Waals surface area (Å²) >= 11 is 1.32. The van der Waals surface area contributed by atoms with Gasteiger partial charge in [0.05, 0.1) is 25.2 Å². The number of hydrogen-bond donors (Lipinski definition) is 1. The van der Waals surface area contributed by atoms with Crippen LogP contribution in [0.25, 0.3) is 5.69 Å². The van der Waals surface area contributed by atoms with Crippen molar-refractivity contribution in [2.75, 3.05) is 24.8 Å². The van der Waals surface area contributed by atoms with Crippen LogP contribution in [0, 0.1) is 5.92 Å². The van der Waals surface area contributed by atoms with Crippen molar-refractivity contribution in [3.8, 4) is 17.2 Å². The summed E-state index contributed by atoms with van der Waals surface area (Å²) in [6.45, 7) is 4.75. The molecule has 0 fully saturated rings. The monoisotopic (exact) mass is 412 g/mol. The number of carbonyl (C=O) groups is 1. The molecule has 8 heteroatoms. The number of benzene rings is 2. The molecule has 0 aliphatic carbocycles. The molecule has 1 N–H and O–H groups in total. The molecule has 0 saturated carbocycles. The number of thioether (sulfide) groups is 1. The summed E-state index contributed by atoms with van der Waals surface area (Å²) in [6, 6.07) is 15.0. The van der Waals surface area contributed by atoms with E-state index in [4.69, 9.17) is 9.47 Å². The first-order valence-corrected chi connectivity index (χ1v) is 10.2. The lowest BCUT2D eigenvalue weighted by Crippen LogP contribution is -2.16. The highest BCUT2D eigenvalue weighted by molar-refractivity contribution is 7.99. The number of aromatic nitrogens is 3. The zero-order valence-electron chi connectivity index (χ0n) is 16.7. The molecular formula is C21H24N4O3S. The van der Waals surface area contributed by atoms with Crippen LogP contribution in [-0.4, -0.2) is 40.1 Å². The maximum absolute atomic E-state index is 12.5. The quantitative estimate of drug-likeness (QED) is 0.535. The molecule has 152 valence electrons. The molecule has 0 unspecified atom stereocenters. The number of carbonyl (C=O) groups excluding carboxylic acids is 1. The largest absolute Gasteiger partial charge is 0.497 e. The van der Waals surface area contributed by atoms with Gasteiger partial charge in [0.25, 0.3) is 0 Å². The van der Waals surface area contributed by atoms with E-state index in [1.54, 1.807) is 13.4 Å². The Balaban J connectivity index is 1.62. The zero-order chi connectivity index (χ0) is 20.6. The Hall–Kier alpha value is -3.00. The van der Waals surface area contributed by atoms with E-state index >= 15 is 0 Å². The van der Waals surface area contributed by atoms with Crippen molar-refractivity contribution in [1.82, 2.24) is 14.8 Å². The van der Waals surface area contributed by atoms with Gasteiger partial charge in [-0.3, -0.25) is 9.36 Å². The fourth-order valence-electron chi connectivity index (χ4n) is 2.51. The Morgan fingerprint density at radius 3 is 2.66 bits per heavy atom. The fourth-order valence-corrected chi connectivity index (χ4v) is 3.24. The SMILES string of the molecule is COc1ccc(-n2cnnc2SCC(=O)Nc2ccccc2OCC(C)C)cc1. The van der Waals surface area contributed by atoms with E-state index < -0.39 is 0 Å². The van der Waals surface area contributed by atoms with Crippen LogP contribution in [0.5, 0.6) is 11.5 Å². The van der Waals surface area contributed by atoms with Crippen LogP contribution in [0.1, 0.15) is 13.8 Å². The number of anilines is 1. The summed E-state index contributed by atoms with van der Waals surface area (Å²) in [5.74, 6) is 1.90. The number of nitrogens with zero attached hydrogens (tertiary/aromatic N) is 3. The van der Waals surface area contributed by atoms with Gasteiger partial charge in [0.1, 0.15) is 17.8 Å². The van der Waals surface area contributed by atoms with Gasteiger partial charge in [-0.1, -0.05) is 37.7 Å². The van der Waals surface area contributed by atoms with E-state index in [0.717, 1.165) is 11.4 Å². The van der Waals surface area contributed by atoms with Crippen LogP contribution in [0.4, 0.5) is 5.69 Å². The van der Waals surface area contributed by atoms with Crippen molar-refractivity contribution >= 4 is 23.4 Å². The molecule has 2 aromatic carbocycles. The van der Waals surface area contributed by atoms with E-state index in [1.807, 2.05) is 53.1 Å². The Labute approximate surface area is 174 Å². The number of amides is 1. The minimum absolute atomic E-state index is 0.139. The van der Waals surface area contributed by atoms with Crippen LogP contribution in [0.2, 0.25) is 0 Å². The van der Waals surface area contributed by atoms with Gasteiger partial charge < -0.3 is 14.8 Å². The number of methoxy groups -OCH3 is 1. The fraction of sp³-hybridized carbons (Fsp3) is 0.286. The smallest absolute Gasteiger partial charge is 0.234 e. The van der Waals surface area contributed by atoms with Crippen molar-refractivity contribution in [2.45, 2.75) is 19.0 Å². The first-order valence-electron chi connectivity index (χ1n) is 9.25. The first kappa shape index (κ1) is 20.7. The average molecular weight is 413 g/mol. The lowest BCUT2D eigenvalue weighted by molar-refractivity contribution is -0.113. The van der Waals surface area contributed by atoms with Crippen LogP contribution in [0.15, 0.2) is 60.0 Å². The van der Waals surface area contributed by atoms with Gasteiger partial charge in [0.15, 0.2) is 5.16 Å². The van der Waals surface area contributed by atoms with Crippen molar-refractivity contribution in [3.63, 3.8) is 0 Å². The number of ether oxygens (including phenoxy) is 2. The number of rotatable bonds is 9. The van der Waals surface area contributed by atoms with Crippen molar-refractivity contribution < 1.29 is 14.3 Å². The average Bonchev–Trinajstić information content (AvgIpc) is 3.20. The minimum Gasteiger partial charge on any atom is -0.497 e. The molecule has 0 radical (unpaired) electrons. The van der Waals surface area contributed by atoms with Gasteiger partial charge in [-0.2, -0.15) is 0 Å². The summed E-state index contributed by atoms with van der Waals surface area (Å²) in [7, 11) is 1.62. The summed E-state index contributed by atoms with van der Waals surface area (Å²) < 4.78 is 12.8. The highest BCUT2D eigenvalue weighted by Crippen LogP contribution is 2.26. The molecule has 0 bridgehead atoms. The Morgan fingerprint density at radius 1 is 1.17 bits per heavy atom. The molecule has 29 heavy (non-hydrogen) atoms. The molecular weight excluding hydrogens is 388 g/mol. The van der Waals surface area contributed by atoms with Crippen molar-refractivity contribution in [1.29, 1.82) is 0 Å². The van der Waals surface area contributed by atoms with Gasteiger partial charge in [-0.05, 0) is 42.3 Å². The molecule has 1 amide bonds. The number of hydrogen-bond acceptors (Lipinski definition) is 6. The summed E-state index contributed by atoms with van der Waals surface area (Å²) in [5.41, 5.74) is 1.56. The van der Waals surface area contributed by atoms with Gasteiger partial charge in [0, 0.05) is 5.69 Å². The second-order valence-corrected chi connectivity index (χ2v) is 7.66. The third-order valence-electron chi connectivity index (χ3n) is 3.93. The molecule has 7 nitrogen and oxygen atoms in total. The zero-order valence-corrected chi connectivity index (χ0v) is 17.5. The van der Waals surface area contributed by atoms with Crippen LogP contribution < -0.4 is 14.8 Å². The first-order chi connectivity index (χ1) is 14.1. The van der Waals surface area contributed by atoms with Crippen molar-refractivity contribution in [3.05, 3.63) is 54.9 Å². The van der Waals surface area contributed by atoms with Crippen LogP contribution in [-0.2, 0) is 4.79 Å². The maximum Gasteiger partial charge on any atom is 0.234 e. The maximum atomic E-state index is 12.5. The van der Waals surface area contributed by atoms with Gasteiger partial charge in [-0.15, -0.1) is 10.2 Å². The van der Waals surface area contributed by atoms with Gasteiger partial charge >= 0.3 is 0 Å². The van der Waals surface area contributed by atoms with Crippen molar-refractivity contribution in [2.24, 2.45) is 5.92 Å². The topological polar surface area (TPSA) is 78.3 Å². The highest BCUT2D eigenvalue weighted by atomic mass is 32.2. The Bertz CT molecular complexity index is 941. The molecule has 0 spiro atoms. The molecule has 0 saturated heterocycles. The molecule has 0 aliphatic rings. The predicted molar refractivity (Wildman–Crippen MR) is 114 cm³/mol. The molecule has 0 aliphatic heterocycles. The molecule has 0 atom stereocenters. The molecule has 1 aromatic heterocycles. The van der Waals surface area contributed by atoms with E-state index in [-0.39, 0.29) is 11.7 Å². The Kier molecular flexibility index (Phi) is 7.13. The van der Waals surface area contributed by atoms with Crippen LogP contribution >= 0.6 is 11.8 Å². The third-order valence-corrected chi connectivity index (χ3v) is 4.88. The molecule has 3 aromatic rings. The second-order valence-electron chi connectivity index (χ2n) is 6.72. The lowest BCUT2D eigenvalue weighted by Gasteiger charge is -2.13. The van der Waals surface area contributed by atoms with E-state index in [2.05, 4.69) is 29.4 Å². The van der Waals surface area contributed by atoms with Gasteiger partial charge in [-0.25, -0.2) is 0 Å². The lowest BCUT2D eigenvalue weighted by atomic mass is 10.2. The van der Waals surface area contributed by atoms with Gasteiger partial charge in [0.2, 0.25) is 5.91 Å². The molecule has 3 rings (SSSR count). The van der Waals surface area contributed by atoms with Crippen LogP contribution in [0.3, 0.4) is 0 Å². The third kappa shape index (κ3) is 5.74. The normalized spacial score (nSPS) is 10.8. The van der Waals surface area contributed by atoms with E-state index in [0.29, 0.717) is 29.1 Å². The summed E-state index contributed by atoms with van der Waals surface area (Å²) in [4.78, 5) is 12.5. The predicted octanol–water partition coefficient (Wildman–Crippen LogP) is 4.04. The summed E-state index contributed by atoms with van der Waals surface area (Å²) in [6.07, 6.45) is 1.62. The Morgan fingerprint density at radius 2 is 1.93 bits per heavy atom. The number of para-hydroxylation sites is 2. The highest BCUT2D eigenvalue weighted by Gasteiger charge is 2.12. The second kappa shape index (κ2) is 9.97. The molecule has 1 heterocycles. The van der Waals surface area contributed by atoms with E-state index in [1.165, 1.54) is 11.8 Å².